The van der Waals surface area contributed by atoms with Crippen molar-refractivity contribution in [3.05, 3.63) is 46.3 Å². The van der Waals surface area contributed by atoms with Crippen LogP contribution in [0.15, 0.2) is 39.6 Å². The molecule has 1 aromatic heterocycles. The van der Waals surface area contributed by atoms with Crippen molar-refractivity contribution in [2.24, 2.45) is 0 Å². The SMILES string of the molecule is OC(c1ccoc1)c1cc2c(cc1Br)OCCO2. The van der Waals surface area contributed by atoms with Gasteiger partial charge in [-0.15, -0.1) is 0 Å². The normalized spacial score (nSPS) is 15.4. The van der Waals surface area contributed by atoms with Gasteiger partial charge in [0.2, 0.25) is 0 Å². The van der Waals surface area contributed by atoms with E-state index in [1.165, 1.54) is 12.5 Å². The molecule has 0 spiro atoms. The van der Waals surface area contributed by atoms with Gasteiger partial charge in [-0.2, -0.15) is 0 Å². The molecule has 3 rings (SSSR count). The minimum atomic E-state index is -0.756. The lowest BCUT2D eigenvalue weighted by Crippen LogP contribution is -2.16. The molecular formula is C13H11BrO4. The second-order valence-electron chi connectivity index (χ2n) is 3.98. The van der Waals surface area contributed by atoms with Crippen LogP contribution in [0.5, 0.6) is 11.5 Å². The second kappa shape index (κ2) is 4.66. The maximum atomic E-state index is 10.3. The van der Waals surface area contributed by atoms with Crippen LogP contribution in [0.1, 0.15) is 17.2 Å². The Morgan fingerprint density at radius 1 is 1.17 bits per heavy atom. The van der Waals surface area contributed by atoms with Crippen LogP contribution in [0.25, 0.3) is 0 Å². The highest BCUT2D eigenvalue weighted by Crippen LogP contribution is 2.39. The molecule has 2 aromatic rings. The number of aliphatic hydroxyl groups is 1. The summed E-state index contributed by atoms with van der Waals surface area (Å²) in [7, 11) is 0. The summed E-state index contributed by atoms with van der Waals surface area (Å²) in [6.07, 6.45) is 2.30. The van der Waals surface area contributed by atoms with Crippen LogP contribution in [0.4, 0.5) is 0 Å². The molecule has 18 heavy (non-hydrogen) atoms. The first-order chi connectivity index (χ1) is 8.75. The Hall–Kier alpha value is -1.46. The molecule has 1 aliphatic rings. The zero-order valence-electron chi connectivity index (χ0n) is 9.43. The smallest absolute Gasteiger partial charge is 0.162 e. The average Bonchev–Trinajstić information content (AvgIpc) is 2.91. The van der Waals surface area contributed by atoms with Gasteiger partial charge in [0.25, 0.3) is 0 Å². The first kappa shape index (κ1) is 11.6. The molecular weight excluding hydrogens is 300 g/mol. The van der Waals surface area contributed by atoms with E-state index < -0.39 is 6.10 Å². The van der Waals surface area contributed by atoms with Gasteiger partial charge in [0, 0.05) is 15.6 Å². The number of furan rings is 1. The molecule has 0 aliphatic carbocycles. The van der Waals surface area contributed by atoms with Crippen LogP contribution < -0.4 is 9.47 Å². The van der Waals surface area contributed by atoms with E-state index in [9.17, 15) is 5.11 Å². The Morgan fingerprint density at radius 3 is 2.56 bits per heavy atom. The fraction of sp³-hybridized carbons (Fsp3) is 0.231. The molecule has 1 atom stereocenters. The van der Waals surface area contributed by atoms with Crippen molar-refractivity contribution >= 4 is 15.9 Å². The molecule has 0 fully saturated rings. The van der Waals surface area contributed by atoms with Gasteiger partial charge in [-0.3, -0.25) is 0 Å². The molecule has 1 aliphatic heterocycles. The van der Waals surface area contributed by atoms with Crippen LogP contribution >= 0.6 is 15.9 Å². The number of hydrogen-bond acceptors (Lipinski definition) is 4. The van der Waals surface area contributed by atoms with E-state index in [0.717, 1.165) is 10.0 Å². The quantitative estimate of drug-likeness (QED) is 0.926. The first-order valence-electron chi connectivity index (χ1n) is 5.55. The van der Waals surface area contributed by atoms with E-state index in [2.05, 4.69) is 15.9 Å². The van der Waals surface area contributed by atoms with Crippen molar-refractivity contribution in [2.75, 3.05) is 13.2 Å². The van der Waals surface area contributed by atoms with E-state index in [-0.39, 0.29) is 0 Å². The van der Waals surface area contributed by atoms with E-state index >= 15 is 0 Å². The van der Waals surface area contributed by atoms with Gasteiger partial charge in [-0.05, 0) is 18.2 Å². The minimum absolute atomic E-state index is 0.524. The standard InChI is InChI=1S/C13H11BrO4/c14-10-6-12-11(17-3-4-18-12)5-9(10)13(15)8-1-2-16-7-8/h1-2,5-7,13,15H,3-4H2. The largest absolute Gasteiger partial charge is 0.486 e. The van der Waals surface area contributed by atoms with Crippen molar-refractivity contribution in [2.45, 2.75) is 6.10 Å². The minimum Gasteiger partial charge on any atom is -0.486 e. The third-order valence-corrected chi connectivity index (χ3v) is 3.50. The van der Waals surface area contributed by atoms with Crippen molar-refractivity contribution < 1.29 is 19.0 Å². The van der Waals surface area contributed by atoms with Gasteiger partial charge >= 0.3 is 0 Å². The highest BCUT2D eigenvalue weighted by atomic mass is 79.9. The Morgan fingerprint density at radius 2 is 1.89 bits per heavy atom. The van der Waals surface area contributed by atoms with Crippen molar-refractivity contribution in [1.82, 2.24) is 0 Å². The average molecular weight is 311 g/mol. The van der Waals surface area contributed by atoms with E-state index in [1.54, 1.807) is 12.1 Å². The predicted molar refractivity (Wildman–Crippen MR) is 67.9 cm³/mol. The summed E-state index contributed by atoms with van der Waals surface area (Å²) in [6, 6.07) is 5.33. The third kappa shape index (κ3) is 2.00. The number of halogens is 1. The molecule has 0 saturated heterocycles. The highest BCUT2D eigenvalue weighted by molar-refractivity contribution is 9.10. The van der Waals surface area contributed by atoms with E-state index in [0.29, 0.717) is 30.3 Å². The molecule has 2 heterocycles. The molecule has 0 bridgehead atoms. The van der Waals surface area contributed by atoms with Crippen molar-refractivity contribution in [3.8, 4) is 11.5 Å². The number of benzene rings is 1. The first-order valence-corrected chi connectivity index (χ1v) is 6.34. The van der Waals surface area contributed by atoms with Crippen LogP contribution in [0, 0.1) is 0 Å². The third-order valence-electron chi connectivity index (χ3n) is 2.82. The summed E-state index contributed by atoms with van der Waals surface area (Å²) in [5.41, 5.74) is 1.42. The summed E-state index contributed by atoms with van der Waals surface area (Å²) in [6.45, 7) is 1.07. The second-order valence-corrected chi connectivity index (χ2v) is 4.83. The van der Waals surface area contributed by atoms with Gasteiger partial charge < -0.3 is 19.0 Å². The fourth-order valence-electron chi connectivity index (χ4n) is 1.90. The van der Waals surface area contributed by atoms with E-state index in [4.69, 9.17) is 13.9 Å². The summed E-state index contributed by atoms with van der Waals surface area (Å²) in [5.74, 6) is 1.35. The van der Waals surface area contributed by atoms with Gasteiger partial charge in [0.05, 0.1) is 12.5 Å². The van der Waals surface area contributed by atoms with Gasteiger partial charge in [-0.25, -0.2) is 0 Å². The lowest BCUT2D eigenvalue weighted by atomic mass is 10.0. The Labute approximate surface area is 112 Å². The molecule has 0 radical (unpaired) electrons. The zero-order chi connectivity index (χ0) is 12.5. The summed E-state index contributed by atoms with van der Waals surface area (Å²) >= 11 is 3.44. The molecule has 1 aromatic carbocycles. The number of rotatable bonds is 2. The van der Waals surface area contributed by atoms with Crippen molar-refractivity contribution in [3.63, 3.8) is 0 Å². The van der Waals surface area contributed by atoms with Crippen molar-refractivity contribution in [1.29, 1.82) is 0 Å². The number of ether oxygens (including phenoxy) is 2. The summed E-state index contributed by atoms with van der Waals surface area (Å²) in [4.78, 5) is 0. The Bertz CT molecular complexity index is 550. The zero-order valence-corrected chi connectivity index (χ0v) is 11.0. The maximum Gasteiger partial charge on any atom is 0.162 e. The Balaban J connectivity index is 2.01. The maximum absolute atomic E-state index is 10.3. The topological polar surface area (TPSA) is 51.8 Å². The molecule has 0 saturated carbocycles. The number of aliphatic hydroxyl groups excluding tert-OH is 1. The molecule has 1 unspecified atom stereocenters. The molecule has 4 nitrogen and oxygen atoms in total. The van der Waals surface area contributed by atoms with Crippen LogP contribution in [-0.4, -0.2) is 18.3 Å². The van der Waals surface area contributed by atoms with E-state index in [1.807, 2.05) is 6.07 Å². The van der Waals surface area contributed by atoms with Gasteiger partial charge in [0.15, 0.2) is 11.5 Å². The number of fused-ring (bicyclic) bond motifs is 1. The summed E-state index contributed by atoms with van der Waals surface area (Å²) in [5, 5.41) is 10.3. The van der Waals surface area contributed by atoms with Crippen LogP contribution in [-0.2, 0) is 0 Å². The van der Waals surface area contributed by atoms with Crippen LogP contribution in [0.3, 0.4) is 0 Å². The lowest BCUT2D eigenvalue weighted by Gasteiger charge is -2.21. The summed E-state index contributed by atoms with van der Waals surface area (Å²) < 4.78 is 16.7. The molecule has 1 N–H and O–H groups in total. The monoisotopic (exact) mass is 310 g/mol. The Kier molecular flexibility index (Phi) is 3.01. The molecule has 0 amide bonds. The molecule has 5 heteroatoms. The highest BCUT2D eigenvalue weighted by Gasteiger charge is 2.20. The molecule has 94 valence electrons. The number of hydrogen-bond donors (Lipinski definition) is 1. The lowest BCUT2D eigenvalue weighted by molar-refractivity contribution is 0.169. The fourth-order valence-corrected chi connectivity index (χ4v) is 2.44. The van der Waals surface area contributed by atoms with Gasteiger partial charge in [-0.1, -0.05) is 15.9 Å². The van der Waals surface area contributed by atoms with Crippen LogP contribution in [0.2, 0.25) is 0 Å². The predicted octanol–water partition coefficient (Wildman–Crippen LogP) is 2.90. The van der Waals surface area contributed by atoms with Gasteiger partial charge in [0.1, 0.15) is 19.3 Å².